The number of rotatable bonds is 0. The fourth-order valence-electron chi connectivity index (χ4n) is 2.54. The molecule has 0 spiro atoms. The molecule has 0 N–H and O–H groups in total. The van der Waals surface area contributed by atoms with Crippen LogP contribution in [-0.4, -0.2) is 19.3 Å². The highest BCUT2D eigenvalue weighted by Crippen LogP contribution is 2.40. The zero-order chi connectivity index (χ0) is 12.0. The zero-order valence-corrected chi connectivity index (χ0v) is 10.6. The van der Waals surface area contributed by atoms with Crippen LogP contribution in [0.3, 0.4) is 0 Å². The average Bonchev–Trinajstić information content (AvgIpc) is 2.49. The molecular formula is C13H15NO2S. The summed E-state index contributed by atoms with van der Waals surface area (Å²) in [6.07, 6.45) is 5.04. The normalized spacial score (nSPS) is 21.5. The van der Waals surface area contributed by atoms with Crippen LogP contribution in [0.15, 0.2) is 29.2 Å². The first kappa shape index (κ1) is 10.8. The summed E-state index contributed by atoms with van der Waals surface area (Å²) in [5.74, 6) is 0. The van der Waals surface area contributed by atoms with E-state index in [-0.39, 0.29) is 0 Å². The second-order valence-electron chi connectivity index (χ2n) is 4.66. The van der Waals surface area contributed by atoms with Crippen molar-refractivity contribution in [1.29, 1.82) is 0 Å². The summed E-state index contributed by atoms with van der Waals surface area (Å²) in [6.45, 7) is 2.61. The van der Waals surface area contributed by atoms with Gasteiger partial charge in [-0.25, -0.2) is 8.42 Å². The number of allylic oxidation sites excluding steroid dienone is 1. The maximum Gasteiger partial charge on any atom is 0.265 e. The van der Waals surface area contributed by atoms with Gasteiger partial charge in [0.15, 0.2) is 0 Å². The lowest BCUT2D eigenvalue weighted by atomic mass is 10.1. The molecular weight excluding hydrogens is 234 g/mol. The van der Waals surface area contributed by atoms with E-state index in [1.165, 1.54) is 0 Å². The van der Waals surface area contributed by atoms with Gasteiger partial charge in [0.05, 0.1) is 10.6 Å². The number of hydrogen-bond acceptors (Lipinski definition) is 2. The Morgan fingerprint density at radius 1 is 1.24 bits per heavy atom. The van der Waals surface area contributed by atoms with Gasteiger partial charge >= 0.3 is 0 Å². The van der Waals surface area contributed by atoms with Crippen molar-refractivity contribution >= 4 is 15.7 Å². The summed E-state index contributed by atoms with van der Waals surface area (Å²) < 4.78 is 26.3. The lowest BCUT2D eigenvalue weighted by molar-refractivity contribution is 0.512. The molecule has 0 atom stereocenters. The lowest BCUT2D eigenvalue weighted by Gasteiger charge is -2.16. The van der Waals surface area contributed by atoms with E-state index in [4.69, 9.17) is 0 Å². The molecule has 0 radical (unpaired) electrons. The quantitative estimate of drug-likeness (QED) is 0.708. The molecule has 17 heavy (non-hydrogen) atoms. The molecule has 2 heterocycles. The summed E-state index contributed by atoms with van der Waals surface area (Å²) in [7, 11) is -3.28. The number of nitrogens with zero attached hydrogens (tertiary/aromatic N) is 1. The number of sulfonamides is 1. The molecule has 2 aliphatic rings. The molecule has 3 rings (SSSR count). The van der Waals surface area contributed by atoms with Crippen LogP contribution in [0.4, 0.5) is 0 Å². The molecule has 0 fully saturated rings. The van der Waals surface area contributed by atoms with E-state index in [1.54, 1.807) is 10.4 Å². The van der Waals surface area contributed by atoms with Crippen LogP contribution >= 0.6 is 0 Å². The van der Waals surface area contributed by atoms with Crippen molar-refractivity contribution in [3.8, 4) is 0 Å². The van der Waals surface area contributed by atoms with Gasteiger partial charge in [-0.15, -0.1) is 0 Å². The van der Waals surface area contributed by atoms with Crippen molar-refractivity contribution in [2.45, 2.75) is 31.1 Å². The van der Waals surface area contributed by atoms with Gasteiger partial charge in [-0.05, 0) is 38.3 Å². The van der Waals surface area contributed by atoms with Gasteiger partial charge in [-0.2, -0.15) is 0 Å². The zero-order valence-electron chi connectivity index (χ0n) is 9.81. The minimum atomic E-state index is -3.28. The Bertz CT molecular complexity index is 602. The van der Waals surface area contributed by atoms with E-state index in [0.29, 0.717) is 11.4 Å². The standard InChI is InChI=1S/C13H15NO2S/c1-10-6-7-13-11(9-10)12-5-3-2-4-8-14(12)17(13,15)16/h5-7,9H,2-4,8H2,1H3. The highest BCUT2D eigenvalue weighted by Gasteiger charge is 2.37. The van der Waals surface area contributed by atoms with Crippen molar-refractivity contribution < 1.29 is 8.42 Å². The third kappa shape index (κ3) is 1.51. The van der Waals surface area contributed by atoms with Crippen LogP contribution in [0.1, 0.15) is 30.4 Å². The number of hydrogen-bond donors (Lipinski definition) is 0. The fraction of sp³-hybridized carbons (Fsp3) is 0.385. The Kier molecular flexibility index (Phi) is 2.30. The molecule has 2 aliphatic heterocycles. The summed E-state index contributed by atoms with van der Waals surface area (Å²) >= 11 is 0. The van der Waals surface area contributed by atoms with Crippen molar-refractivity contribution in [2.75, 3.05) is 6.54 Å². The van der Waals surface area contributed by atoms with E-state index in [9.17, 15) is 8.42 Å². The van der Waals surface area contributed by atoms with Gasteiger partial charge < -0.3 is 0 Å². The average molecular weight is 249 g/mol. The predicted octanol–water partition coefficient (Wildman–Crippen LogP) is 2.52. The molecule has 0 saturated carbocycles. The van der Waals surface area contributed by atoms with E-state index in [2.05, 4.69) is 6.08 Å². The molecule has 0 bridgehead atoms. The van der Waals surface area contributed by atoms with Crippen LogP contribution < -0.4 is 0 Å². The van der Waals surface area contributed by atoms with E-state index in [0.717, 1.165) is 36.1 Å². The molecule has 0 aromatic heterocycles. The lowest BCUT2D eigenvalue weighted by Crippen LogP contribution is -2.23. The van der Waals surface area contributed by atoms with E-state index in [1.807, 2.05) is 19.1 Å². The Hall–Kier alpha value is -1.29. The van der Waals surface area contributed by atoms with Gasteiger partial charge in [0.1, 0.15) is 0 Å². The fourth-order valence-corrected chi connectivity index (χ4v) is 4.26. The number of fused-ring (bicyclic) bond motifs is 3. The third-order valence-corrected chi connectivity index (χ3v) is 5.27. The molecule has 0 saturated heterocycles. The van der Waals surface area contributed by atoms with E-state index < -0.39 is 10.0 Å². The maximum atomic E-state index is 12.4. The summed E-state index contributed by atoms with van der Waals surface area (Å²) in [5, 5.41) is 0. The highest BCUT2D eigenvalue weighted by molar-refractivity contribution is 7.90. The summed E-state index contributed by atoms with van der Waals surface area (Å²) in [4.78, 5) is 0.469. The molecule has 1 aromatic carbocycles. The second-order valence-corrected chi connectivity index (χ2v) is 6.49. The van der Waals surface area contributed by atoms with Crippen LogP contribution in [-0.2, 0) is 10.0 Å². The highest BCUT2D eigenvalue weighted by atomic mass is 32.2. The van der Waals surface area contributed by atoms with Gasteiger partial charge in [0, 0.05) is 12.1 Å². The Morgan fingerprint density at radius 3 is 2.88 bits per heavy atom. The summed E-state index contributed by atoms with van der Waals surface area (Å²) in [5.41, 5.74) is 2.87. The van der Waals surface area contributed by atoms with Crippen LogP contribution in [0.25, 0.3) is 5.70 Å². The van der Waals surface area contributed by atoms with Crippen LogP contribution in [0, 0.1) is 6.92 Å². The van der Waals surface area contributed by atoms with E-state index >= 15 is 0 Å². The van der Waals surface area contributed by atoms with Gasteiger partial charge in [-0.3, -0.25) is 4.31 Å². The van der Waals surface area contributed by atoms with Crippen LogP contribution in [0.5, 0.6) is 0 Å². The minimum Gasteiger partial charge on any atom is -0.266 e. The van der Waals surface area contributed by atoms with Crippen molar-refractivity contribution in [1.82, 2.24) is 4.31 Å². The third-order valence-electron chi connectivity index (χ3n) is 3.40. The Labute approximate surface area is 102 Å². The molecule has 1 aromatic rings. The predicted molar refractivity (Wildman–Crippen MR) is 66.9 cm³/mol. The molecule has 3 nitrogen and oxygen atoms in total. The maximum absolute atomic E-state index is 12.4. The first-order valence-corrected chi connectivity index (χ1v) is 7.38. The van der Waals surface area contributed by atoms with Crippen molar-refractivity contribution in [2.24, 2.45) is 0 Å². The van der Waals surface area contributed by atoms with Gasteiger partial charge in [-0.1, -0.05) is 17.7 Å². The summed E-state index contributed by atoms with van der Waals surface area (Å²) in [6, 6.07) is 5.57. The molecule has 0 aliphatic carbocycles. The Balaban J connectivity index is 2.28. The van der Waals surface area contributed by atoms with Crippen LogP contribution in [0.2, 0.25) is 0 Å². The first-order valence-electron chi connectivity index (χ1n) is 5.94. The monoisotopic (exact) mass is 249 g/mol. The molecule has 0 unspecified atom stereocenters. The largest absolute Gasteiger partial charge is 0.266 e. The molecule has 4 heteroatoms. The van der Waals surface area contributed by atoms with Crippen molar-refractivity contribution in [3.05, 3.63) is 35.4 Å². The van der Waals surface area contributed by atoms with Gasteiger partial charge in [0.2, 0.25) is 0 Å². The SMILES string of the molecule is Cc1ccc2c(c1)C1=CCCCCN1S2(=O)=O. The Morgan fingerprint density at radius 2 is 2.06 bits per heavy atom. The smallest absolute Gasteiger partial charge is 0.265 e. The topological polar surface area (TPSA) is 37.4 Å². The molecule has 90 valence electrons. The minimum absolute atomic E-state index is 0.469. The van der Waals surface area contributed by atoms with Gasteiger partial charge in [0.25, 0.3) is 10.0 Å². The number of aryl methyl sites for hydroxylation is 1. The second kappa shape index (κ2) is 3.60. The molecule has 0 amide bonds. The van der Waals surface area contributed by atoms with Crippen molar-refractivity contribution in [3.63, 3.8) is 0 Å². The number of benzene rings is 1. The first-order chi connectivity index (χ1) is 8.10.